The van der Waals surface area contributed by atoms with Gasteiger partial charge in [0.1, 0.15) is 5.75 Å². The Morgan fingerprint density at radius 2 is 1.72 bits per heavy atom. The molecule has 3 unspecified atom stereocenters. The van der Waals surface area contributed by atoms with Crippen LogP contribution in [0.5, 0.6) is 5.75 Å². The minimum absolute atomic E-state index is 0. The number of fused-ring (bicyclic) bond motifs is 8. The molecule has 3 aromatic carbocycles. The standard InChI is InChI=1S/C41H46N6O5S.H2O/c1-44(2)53(51)43-38(48)26-13-15-30-35(21-26)46-24-41(39(49)45-19-17-27(18-20-45)47-34-12-8-7-11-33(34)42-40(47)50)23-32(41)31-22-28(52-3)14-16-29(31)37(46)36(30)25-9-5-4-6-10-25;/h7-8,11-16,21-22,25,27,32H,4-6,9-10,17-20,23-24H2,1-3H3,(H,42,50)(H,43,48);1H2. The second-order valence-corrected chi connectivity index (χ2v) is 17.0. The number of ether oxygens (including phenoxy) is 1. The number of H-pyrrole nitrogens is 1. The SMILES string of the molecule is COc1ccc2c(c1)C1CC1(C(=O)N1CCC(n3c(=O)[nH]c4ccccc43)CC1)Cn1c-2c(C2CCCCC2)c2ccc(C(=O)NS(=O)N(C)C)cc21.O. The molecule has 4 N–H and O–H groups in total. The first-order chi connectivity index (χ1) is 25.7. The summed E-state index contributed by atoms with van der Waals surface area (Å²) in [7, 11) is 5.00. The van der Waals surface area contributed by atoms with E-state index in [4.69, 9.17) is 4.74 Å². The lowest BCUT2D eigenvalue weighted by Crippen LogP contribution is -2.45. The van der Waals surface area contributed by atoms with Crippen LogP contribution in [0.25, 0.3) is 33.2 Å². The second-order valence-electron chi connectivity index (χ2n) is 15.6. The molecule has 54 heavy (non-hydrogen) atoms. The average Bonchev–Trinajstić information content (AvgIpc) is 3.72. The molecule has 3 atom stereocenters. The van der Waals surface area contributed by atoms with E-state index in [9.17, 15) is 13.8 Å². The van der Waals surface area contributed by atoms with E-state index in [2.05, 4.69) is 32.5 Å². The number of para-hydroxylation sites is 2. The van der Waals surface area contributed by atoms with Gasteiger partial charge in [0.2, 0.25) is 5.91 Å². The van der Waals surface area contributed by atoms with Crippen molar-refractivity contribution in [3.05, 3.63) is 87.8 Å². The molecule has 2 aromatic heterocycles. The number of nitrogens with one attached hydrogen (secondary N) is 2. The van der Waals surface area contributed by atoms with Gasteiger partial charge in [-0.05, 0) is 91.6 Å². The van der Waals surface area contributed by atoms with E-state index in [0.29, 0.717) is 44.0 Å². The Kier molecular flexibility index (Phi) is 9.30. The van der Waals surface area contributed by atoms with Crippen LogP contribution in [0.4, 0.5) is 0 Å². The van der Waals surface area contributed by atoms with Gasteiger partial charge in [-0.2, -0.15) is 0 Å². The smallest absolute Gasteiger partial charge is 0.326 e. The molecular weight excluding hydrogens is 705 g/mol. The Balaban J connectivity index is 0.00000413. The molecule has 0 spiro atoms. The van der Waals surface area contributed by atoms with E-state index in [1.807, 2.05) is 51.9 Å². The third kappa shape index (κ3) is 5.79. The fourth-order valence-corrected chi connectivity index (χ4v) is 10.2. The number of piperidine rings is 1. The molecule has 13 heteroatoms. The van der Waals surface area contributed by atoms with Crippen molar-refractivity contribution in [3.8, 4) is 17.0 Å². The van der Waals surface area contributed by atoms with Crippen LogP contribution >= 0.6 is 0 Å². The summed E-state index contributed by atoms with van der Waals surface area (Å²) >= 11 is -1.66. The normalized spacial score (nSPS) is 21.9. The summed E-state index contributed by atoms with van der Waals surface area (Å²) in [5.41, 5.74) is 7.08. The van der Waals surface area contributed by atoms with Crippen molar-refractivity contribution in [2.75, 3.05) is 34.3 Å². The van der Waals surface area contributed by atoms with Gasteiger partial charge in [0, 0.05) is 67.7 Å². The number of nitrogens with zero attached hydrogens (tertiary/aromatic N) is 4. The summed E-state index contributed by atoms with van der Waals surface area (Å²) in [6.07, 6.45) is 7.92. The van der Waals surface area contributed by atoms with E-state index in [0.717, 1.165) is 63.8 Å². The van der Waals surface area contributed by atoms with Gasteiger partial charge >= 0.3 is 5.69 Å². The predicted molar refractivity (Wildman–Crippen MR) is 210 cm³/mol. The van der Waals surface area contributed by atoms with Crippen molar-refractivity contribution in [2.45, 2.75) is 75.8 Å². The topological polar surface area (TPSA) is 153 Å². The molecule has 0 radical (unpaired) electrons. The van der Waals surface area contributed by atoms with Gasteiger partial charge < -0.3 is 24.7 Å². The van der Waals surface area contributed by atoms with E-state index in [-0.39, 0.29) is 29.0 Å². The Labute approximate surface area is 316 Å². The molecule has 2 aliphatic heterocycles. The summed E-state index contributed by atoms with van der Waals surface area (Å²) < 4.78 is 26.6. The Hall–Kier alpha value is -4.72. The zero-order valence-corrected chi connectivity index (χ0v) is 31.8. The first kappa shape index (κ1) is 36.3. The number of likely N-dealkylation sites (tertiary alicyclic amines) is 1. The van der Waals surface area contributed by atoms with E-state index >= 15 is 4.79 Å². The minimum Gasteiger partial charge on any atom is -0.497 e. The van der Waals surface area contributed by atoms with Crippen molar-refractivity contribution < 1.29 is 24.0 Å². The van der Waals surface area contributed by atoms with Gasteiger partial charge in [-0.15, -0.1) is 0 Å². The maximum absolute atomic E-state index is 15.0. The quantitative estimate of drug-likeness (QED) is 0.228. The number of imidazole rings is 1. The maximum atomic E-state index is 15.0. The maximum Gasteiger partial charge on any atom is 0.326 e. The third-order valence-electron chi connectivity index (χ3n) is 12.5. The highest BCUT2D eigenvalue weighted by molar-refractivity contribution is 7.81. The number of rotatable bonds is 7. The lowest BCUT2D eigenvalue weighted by atomic mass is 9.81. The van der Waals surface area contributed by atoms with Crippen LogP contribution in [0.3, 0.4) is 0 Å². The second kappa shape index (κ2) is 13.8. The number of hydrogen-bond acceptors (Lipinski definition) is 5. The van der Waals surface area contributed by atoms with Crippen LogP contribution < -0.4 is 15.1 Å². The van der Waals surface area contributed by atoms with Gasteiger partial charge in [-0.3, -0.25) is 18.9 Å². The molecule has 2 amide bonds. The Morgan fingerprint density at radius 3 is 2.46 bits per heavy atom. The zero-order chi connectivity index (χ0) is 36.6. The molecule has 4 heterocycles. The number of carbonyl (C=O) groups excluding carboxylic acids is 2. The fraction of sp³-hybridized carbons (Fsp3) is 0.439. The Bertz CT molecular complexity index is 2360. The van der Waals surface area contributed by atoms with Crippen LogP contribution in [-0.2, 0) is 22.5 Å². The van der Waals surface area contributed by atoms with Crippen molar-refractivity contribution in [1.82, 2.24) is 28.0 Å². The predicted octanol–water partition coefficient (Wildman–Crippen LogP) is 5.40. The molecule has 4 aliphatic rings. The molecule has 2 saturated carbocycles. The average molecular weight is 753 g/mol. The number of methoxy groups -OCH3 is 1. The van der Waals surface area contributed by atoms with Crippen LogP contribution in [0.2, 0.25) is 0 Å². The highest BCUT2D eigenvalue weighted by Gasteiger charge is 2.64. The fourth-order valence-electron chi connectivity index (χ4n) is 9.73. The van der Waals surface area contributed by atoms with Gasteiger partial charge in [0.25, 0.3) is 5.91 Å². The molecule has 2 aliphatic carbocycles. The van der Waals surface area contributed by atoms with Crippen LogP contribution in [0.1, 0.15) is 90.7 Å². The molecule has 5 aromatic rings. The lowest BCUT2D eigenvalue weighted by Gasteiger charge is -2.35. The highest BCUT2D eigenvalue weighted by Crippen LogP contribution is 2.66. The summed E-state index contributed by atoms with van der Waals surface area (Å²) in [5.74, 6) is 0.923. The summed E-state index contributed by atoms with van der Waals surface area (Å²) in [6, 6.07) is 20.0. The van der Waals surface area contributed by atoms with Crippen LogP contribution in [0.15, 0.2) is 65.5 Å². The van der Waals surface area contributed by atoms with E-state index < -0.39 is 22.5 Å². The number of aromatic amines is 1. The third-order valence-corrected chi connectivity index (χ3v) is 13.5. The number of benzene rings is 3. The number of carbonyl (C=O) groups is 2. The summed E-state index contributed by atoms with van der Waals surface area (Å²) in [6.45, 7) is 1.66. The molecule has 3 fully saturated rings. The minimum atomic E-state index is -1.66. The monoisotopic (exact) mass is 752 g/mol. The molecular formula is C41H48N6O6S. The molecule has 12 nitrogen and oxygen atoms in total. The van der Waals surface area contributed by atoms with Crippen molar-refractivity contribution in [3.63, 3.8) is 0 Å². The number of hydrogen-bond donors (Lipinski definition) is 2. The number of aromatic nitrogens is 3. The summed E-state index contributed by atoms with van der Waals surface area (Å²) in [4.78, 5) is 46.5. The zero-order valence-electron chi connectivity index (χ0n) is 31.0. The first-order valence-electron chi connectivity index (χ1n) is 18.9. The van der Waals surface area contributed by atoms with Crippen molar-refractivity contribution in [1.29, 1.82) is 0 Å². The first-order valence-corrected chi connectivity index (χ1v) is 20.0. The lowest BCUT2D eigenvalue weighted by molar-refractivity contribution is -0.139. The van der Waals surface area contributed by atoms with Gasteiger partial charge in [0.15, 0.2) is 11.2 Å². The highest BCUT2D eigenvalue weighted by atomic mass is 32.2. The molecule has 9 rings (SSSR count). The molecule has 284 valence electrons. The van der Waals surface area contributed by atoms with Gasteiger partial charge in [-0.25, -0.2) is 13.3 Å². The number of amides is 2. The van der Waals surface area contributed by atoms with Crippen molar-refractivity contribution >= 4 is 44.9 Å². The van der Waals surface area contributed by atoms with E-state index in [1.54, 1.807) is 21.2 Å². The Morgan fingerprint density at radius 1 is 0.963 bits per heavy atom. The van der Waals surface area contributed by atoms with Gasteiger partial charge in [0.05, 0.1) is 29.3 Å². The van der Waals surface area contributed by atoms with Gasteiger partial charge in [-0.1, -0.05) is 37.5 Å². The van der Waals surface area contributed by atoms with E-state index in [1.165, 1.54) is 29.1 Å². The largest absolute Gasteiger partial charge is 0.497 e. The summed E-state index contributed by atoms with van der Waals surface area (Å²) in [5, 5.41) is 1.12. The molecule has 1 saturated heterocycles. The van der Waals surface area contributed by atoms with Crippen LogP contribution in [-0.4, -0.2) is 79.1 Å². The van der Waals surface area contributed by atoms with Crippen LogP contribution in [0, 0.1) is 5.41 Å². The van der Waals surface area contributed by atoms with Crippen molar-refractivity contribution in [2.24, 2.45) is 5.41 Å². The molecule has 0 bridgehead atoms.